The summed E-state index contributed by atoms with van der Waals surface area (Å²) in [5, 5.41) is 13.4. The van der Waals surface area contributed by atoms with Gasteiger partial charge in [-0.25, -0.2) is 0 Å². The number of allylic oxidation sites excluding steroid dienone is 5. The first-order chi connectivity index (χ1) is 40.5. The van der Waals surface area contributed by atoms with Gasteiger partial charge in [0.2, 0.25) is 0 Å². The lowest BCUT2D eigenvalue weighted by molar-refractivity contribution is 0.839. The molecule has 3 heteroatoms. The Bertz CT molecular complexity index is 4480. The van der Waals surface area contributed by atoms with Gasteiger partial charge in [-0.2, -0.15) is 0 Å². The van der Waals surface area contributed by atoms with Crippen LogP contribution in [0, 0.1) is 5.41 Å². The Kier molecular flexibility index (Phi) is 12.9. The molecule has 0 radical (unpaired) electrons. The number of rotatable bonds is 14. The number of nitrogens with one attached hydrogen (secondary N) is 1. The molecule has 0 saturated heterocycles. The van der Waals surface area contributed by atoms with Gasteiger partial charge in [0.05, 0.1) is 0 Å². The van der Waals surface area contributed by atoms with Gasteiger partial charge in [-0.15, -0.1) is 0 Å². The second-order valence-corrected chi connectivity index (χ2v) is 21.6. The summed E-state index contributed by atoms with van der Waals surface area (Å²) in [6.07, 6.45) is 13.2. The first-order valence-electron chi connectivity index (χ1n) is 28.6. The minimum absolute atomic E-state index is 0.442. The zero-order valence-electron chi connectivity index (χ0n) is 46.1. The van der Waals surface area contributed by atoms with E-state index in [4.69, 9.17) is 5.41 Å². The number of aromatic nitrogens is 1. The number of fused-ring (bicyclic) bond motifs is 3. The third-order valence-corrected chi connectivity index (χ3v) is 17.0. The van der Waals surface area contributed by atoms with Gasteiger partial charge in [-0.05, 0) is 212 Å². The Morgan fingerprint density at radius 2 is 0.927 bits per heavy atom. The van der Waals surface area contributed by atoms with E-state index in [9.17, 15) is 0 Å². The monoisotopic (exact) mass is 1050 g/mol. The highest BCUT2D eigenvalue weighted by atomic mass is 15.1. The molecule has 0 spiro atoms. The molecule has 0 saturated carbocycles. The van der Waals surface area contributed by atoms with Crippen LogP contribution < -0.4 is 4.90 Å². The van der Waals surface area contributed by atoms with Gasteiger partial charge in [0, 0.05) is 41.6 Å². The Labute approximate surface area is 480 Å². The standard InChI is InChI=1S/C79H59N3/c1-4-12-58(49-80)51-29-35-63(36-30-51)82(64-37-31-52(32-38-64)59-14-11-45-81-50-59)65-39-33-55(34-40-65)62-47-60(53-21-25-56(26-22-53)67-41-43-76-66(6-3)69(13-5-2)74-19-9-17-72(67)78(74)76)46-61(48-62)54-23-27-57(28-24-54)68-42-44-77-71-16-8-7-15-70(71)75-20-10-18-73(68)79(75)77/h4,7-50,66,80H,1,5-6H2,2-3H3/b58-12+,69-13+,80-49?. The van der Waals surface area contributed by atoms with Crippen LogP contribution in [0.15, 0.2) is 274 Å². The molecule has 0 amide bonds. The lowest BCUT2D eigenvalue weighted by Crippen LogP contribution is -2.10. The minimum atomic E-state index is 0.442. The average Bonchev–Trinajstić information content (AvgIpc) is 3.76. The van der Waals surface area contributed by atoms with Crippen molar-refractivity contribution in [1.82, 2.24) is 4.98 Å². The molecule has 1 aromatic heterocycles. The summed E-state index contributed by atoms with van der Waals surface area (Å²) in [6, 6.07) is 87.4. The van der Waals surface area contributed by atoms with E-state index in [2.05, 4.69) is 267 Å². The van der Waals surface area contributed by atoms with Crippen molar-refractivity contribution in [3.63, 3.8) is 0 Å². The summed E-state index contributed by atoms with van der Waals surface area (Å²) in [7, 11) is 0. The first-order valence-corrected chi connectivity index (χ1v) is 28.6. The Morgan fingerprint density at radius 1 is 0.451 bits per heavy atom. The van der Waals surface area contributed by atoms with Gasteiger partial charge in [-0.1, -0.05) is 215 Å². The van der Waals surface area contributed by atoms with Crippen LogP contribution in [0.1, 0.15) is 49.3 Å². The lowest BCUT2D eigenvalue weighted by Gasteiger charge is -2.26. The Morgan fingerprint density at radius 3 is 1.45 bits per heavy atom. The maximum Gasteiger partial charge on any atom is 0.0462 e. The van der Waals surface area contributed by atoms with Crippen LogP contribution in [-0.2, 0) is 0 Å². The van der Waals surface area contributed by atoms with Gasteiger partial charge >= 0.3 is 0 Å². The highest BCUT2D eigenvalue weighted by Gasteiger charge is 2.29. The molecule has 11 aromatic carbocycles. The van der Waals surface area contributed by atoms with Crippen molar-refractivity contribution in [3.05, 3.63) is 290 Å². The van der Waals surface area contributed by atoms with Crippen molar-refractivity contribution in [2.75, 3.05) is 4.90 Å². The van der Waals surface area contributed by atoms with E-state index < -0.39 is 0 Å². The van der Waals surface area contributed by atoms with Crippen LogP contribution in [0.2, 0.25) is 0 Å². The number of anilines is 3. The summed E-state index contributed by atoms with van der Waals surface area (Å²) >= 11 is 0. The van der Waals surface area contributed by atoms with E-state index in [-0.39, 0.29) is 0 Å². The van der Waals surface area contributed by atoms with Crippen LogP contribution >= 0.6 is 0 Å². The van der Waals surface area contributed by atoms with Gasteiger partial charge in [0.15, 0.2) is 0 Å². The topological polar surface area (TPSA) is 40.0 Å². The molecule has 2 aliphatic carbocycles. The van der Waals surface area contributed by atoms with Crippen molar-refractivity contribution >= 4 is 56.0 Å². The molecule has 0 bridgehead atoms. The van der Waals surface area contributed by atoms with Crippen molar-refractivity contribution in [3.8, 4) is 89.0 Å². The fourth-order valence-corrected chi connectivity index (χ4v) is 13.1. The van der Waals surface area contributed by atoms with Crippen molar-refractivity contribution in [2.45, 2.75) is 32.6 Å². The number of hydrogen-bond donors (Lipinski definition) is 1. The van der Waals surface area contributed by atoms with Gasteiger partial charge in [0.1, 0.15) is 0 Å². The van der Waals surface area contributed by atoms with E-state index >= 15 is 0 Å². The zero-order chi connectivity index (χ0) is 55.3. The molecule has 3 nitrogen and oxygen atoms in total. The molecule has 12 aromatic rings. The zero-order valence-corrected chi connectivity index (χ0v) is 46.1. The minimum Gasteiger partial charge on any atom is -0.311 e. The van der Waals surface area contributed by atoms with Gasteiger partial charge < -0.3 is 10.3 Å². The van der Waals surface area contributed by atoms with Crippen molar-refractivity contribution in [1.29, 1.82) is 5.41 Å². The van der Waals surface area contributed by atoms with Crippen LogP contribution in [0.3, 0.4) is 0 Å². The fourth-order valence-electron chi connectivity index (χ4n) is 13.1. The molecule has 1 atom stereocenters. The quantitative estimate of drug-likeness (QED) is 0.0871. The lowest BCUT2D eigenvalue weighted by atomic mass is 9.90. The SMILES string of the molecule is C=C/C=C(\C=N)c1ccc(N(c2ccc(-c3cccnc3)cc2)c2ccc(-c3cc(-c4ccc(-c5ccc6c7c(cccc57)-c5ccccc5-6)cc4)cc(-c4ccc(-c5ccc6c7c(cccc57)/C(=C/CC)C6CC)cc4)c3)cc2)cc1. The maximum absolute atomic E-state index is 8.06. The summed E-state index contributed by atoms with van der Waals surface area (Å²) in [6.45, 7) is 8.44. The van der Waals surface area contributed by atoms with E-state index in [0.29, 0.717) is 5.92 Å². The third-order valence-electron chi connectivity index (χ3n) is 17.0. The molecule has 0 fully saturated rings. The smallest absolute Gasteiger partial charge is 0.0462 e. The van der Waals surface area contributed by atoms with Crippen LogP contribution in [0.25, 0.3) is 122 Å². The second kappa shape index (κ2) is 21.1. The summed E-state index contributed by atoms with van der Waals surface area (Å²) in [5.41, 5.74) is 28.4. The van der Waals surface area contributed by atoms with Crippen molar-refractivity contribution < 1.29 is 0 Å². The number of pyridine rings is 1. The molecule has 1 unspecified atom stereocenters. The molecule has 14 rings (SSSR count). The highest BCUT2D eigenvalue weighted by Crippen LogP contribution is 2.52. The summed E-state index contributed by atoms with van der Waals surface area (Å²) < 4.78 is 0. The molecule has 2 aliphatic rings. The largest absolute Gasteiger partial charge is 0.311 e. The van der Waals surface area contributed by atoms with Gasteiger partial charge in [-0.3, -0.25) is 4.98 Å². The Balaban J connectivity index is 0.851. The van der Waals surface area contributed by atoms with E-state index in [1.54, 1.807) is 12.3 Å². The Hall–Kier alpha value is -10.2. The van der Waals surface area contributed by atoms with Gasteiger partial charge in [0.25, 0.3) is 0 Å². The molecule has 0 aliphatic heterocycles. The highest BCUT2D eigenvalue weighted by molar-refractivity contribution is 6.19. The first kappa shape index (κ1) is 50.0. The average molecular weight is 1050 g/mol. The number of benzene rings is 11. The summed E-state index contributed by atoms with van der Waals surface area (Å²) in [4.78, 5) is 6.66. The van der Waals surface area contributed by atoms with E-state index in [1.807, 2.05) is 18.3 Å². The maximum atomic E-state index is 8.06. The molecule has 82 heavy (non-hydrogen) atoms. The molecular weight excluding hydrogens is 991 g/mol. The van der Waals surface area contributed by atoms with Crippen LogP contribution in [0.5, 0.6) is 0 Å². The van der Waals surface area contributed by atoms with E-state index in [1.165, 1.54) is 89.0 Å². The molecule has 1 heterocycles. The molecule has 390 valence electrons. The predicted octanol–water partition coefficient (Wildman–Crippen LogP) is 22.0. The number of hydrogen-bond acceptors (Lipinski definition) is 3. The second-order valence-electron chi connectivity index (χ2n) is 21.6. The third kappa shape index (κ3) is 8.70. The normalized spacial score (nSPS) is 13.7. The summed E-state index contributed by atoms with van der Waals surface area (Å²) in [5.74, 6) is 0.442. The predicted molar refractivity (Wildman–Crippen MR) is 349 cm³/mol. The molecule has 1 N–H and O–H groups in total. The molecular formula is C79H59N3. The van der Waals surface area contributed by atoms with Crippen LogP contribution in [-0.4, -0.2) is 11.2 Å². The number of nitrogens with zero attached hydrogens (tertiary/aromatic N) is 2. The van der Waals surface area contributed by atoms with E-state index in [0.717, 1.165) is 85.5 Å². The van der Waals surface area contributed by atoms with Crippen molar-refractivity contribution in [2.24, 2.45) is 0 Å². The van der Waals surface area contributed by atoms with Crippen LogP contribution in [0.4, 0.5) is 17.1 Å². The fraction of sp³-hybridized carbons (Fsp3) is 0.0633.